The molecule has 0 atom stereocenters. The highest BCUT2D eigenvalue weighted by Gasteiger charge is 2.11. The molecule has 7 nitrogen and oxygen atoms in total. The number of aliphatic imine (C=N–C) groups is 1. The van der Waals surface area contributed by atoms with Crippen molar-refractivity contribution >= 4 is 23.3 Å². The maximum Gasteiger partial charge on any atom is 0.251 e. The molecular formula is C15H20N4O3. The highest BCUT2D eigenvalue weighted by atomic mass is 16.3. The first-order chi connectivity index (χ1) is 10.5. The first-order valence-electron chi connectivity index (χ1n) is 7.25. The van der Waals surface area contributed by atoms with E-state index in [0.29, 0.717) is 5.69 Å². The number of hydrogen-bond donors (Lipinski definition) is 4. The summed E-state index contributed by atoms with van der Waals surface area (Å²) in [5, 5.41) is 15.3. The molecule has 2 amide bonds. The fourth-order valence-electron chi connectivity index (χ4n) is 2.23. The van der Waals surface area contributed by atoms with E-state index in [4.69, 9.17) is 5.73 Å². The molecule has 0 aromatic heterocycles. The van der Waals surface area contributed by atoms with Crippen LogP contribution in [0, 0.1) is 0 Å². The number of aromatic hydroxyl groups is 1. The second-order valence-electron chi connectivity index (χ2n) is 5.18. The summed E-state index contributed by atoms with van der Waals surface area (Å²) in [6.45, 7) is 0.539. The average Bonchev–Trinajstić information content (AvgIpc) is 2.72. The maximum atomic E-state index is 11.9. The molecule has 1 aliphatic rings. The molecule has 0 bridgehead atoms. The molecule has 0 spiro atoms. The molecule has 0 saturated heterocycles. The van der Waals surface area contributed by atoms with Crippen LogP contribution in [0.2, 0.25) is 0 Å². The number of amides is 2. The normalized spacial score (nSPS) is 14.6. The van der Waals surface area contributed by atoms with E-state index >= 15 is 0 Å². The first kappa shape index (κ1) is 15.8. The molecular weight excluding hydrogens is 284 g/mol. The number of benzene rings is 1. The van der Waals surface area contributed by atoms with Gasteiger partial charge in [0.2, 0.25) is 5.91 Å². The molecule has 1 aromatic rings. The summed E-state index contributed by atoms with van der Waals surface area (Å²) in [4.78, 5) is 27.1. The van der Waals surface area contributed by atoms with Crippen LogP contribution in [0.4, 0.5) is 5.69 Å². The Hall–Kier alpha value is -2.57. The van der Waals surface area contributed by atoms with Crippen LogP contribution in [-0.4, -0.2) is 35.8 Å². The van der Waals surface area contributed by atoms with Gasteiger partial charge in [0, 0.05) is 30.3 Å². The van der Waals surface area contributed by atoms with Gasteiger partial charge in [-0.15, -0.1) is 0 Å². The van der Waals surface area contributed by atoms with Crippen LogP contribution >= 0.6 is 0 Å². The minimum atomic E-state index is -0.625. The zero-order chi connectivity index (χ0) is 15.9. The van der Waals surface area contributed by atoms with Crippen molar-refractivity contribution in [2.45, 2.75) is 25.7 Å². The van der Waals surface area contributed by atoms with Crippen molar-refractivity contribution in [1.29, 1.82) is 0 Å². The van der Waals surface area contributed by atoms with Crippen LogP contribution in [0.25, 0.3) is 0 Å². The SMILES string of the molecule is NC(=O)CNC(=O)c1cc(O)cc(NC2=NCCCCC2)c1. The Morgan fingerprint density at radius 2 is 2.05 bits per heavy atom. The summed E-state index contributed by atoms with van der Waals surface area (Å²) in [7, 11) is 0. The van der Waals surface area contributed by atoms with Crippen LogP contribution in [0.1, 0.15) is 36.0 Å². The van der Waals surface area contributed by atoms with Gasteiger partial charge in [0.25, 0.3) is 5.91 Å². The van der Waals surface area contributed by atoms with Crippen molar-refractivity contribution < 1.29 is 14.7 Å². The Labute approximate surface area is 128 Å². The number of nitrogens with one attached hydrogen (secondary N) is 2. The molecule has 0 aliphatic carbocycles. The predicted octanol–water partition coefficient (Wildman–Crippen LogP) is 0.992. The van der Waals surface area contributed by atoms with Crippen LogP contribution in [0.15, 0.2) is 23.2 Å². The number of carbonyl (C=O) groups is 2. The van der Waals surface area contributed by atoms with Gasteiger partial charge < -0.3 is 21.5 Å². The number of phenols is 1. The molecule has 0 saturated carbocycles. The number of primary amides is 1. The van der Waals surface area contributed by atoms with E-state index < -0.39 is 11.8 Å². The Balaban J connectivity index is 2.10. The summed E-state index contributed by atoms with van der Waals surface area (Å²) in [6, 6.07) is 4.46. The second-order valence-corrected chi connectivity index (χ2v) is 5.18. The quantitative estimate of drug-likeness (QED) is 0.663. The maximum absolute atomic E-state index is 11.9. The third kappa shape index (κ3) is 4.76. The van der Waals surface area contributed by atoms with Gasteiger partial charge in [-0.05, 0) is 25.0 Å². The van der Waals surface area contributed by atoms with Crippen molar-refractivity contribution in [3.8, 4) is 5.75 Å². The lowest BCUT2D eigenvalue weighted by molar-refractivity contribution is -0.117. The molecule has 118 valence electrons. The highest BCUT2D eigenvalue weighted by molar-refractivity contribution is 6.00. The summed E-state index contributed by atoms with van der Waals surface area (Å²) in [5.74, 6) is -0.282. The molecule has 7 heteroatoms. The molecule has 5 N–H and O–H groups in total. The third-order valence-electron chi connectivity index (χ3n) is 3.27. The van der Waals surface area contributed by atoms with Crippen molar-refractivity contribution in [2.24, 2.45) is 10.7 Å². The summed E-state index contributed by atoms with van der Waals surface area (Å²) >= 11 is 0. The first-order valence-corrected chi connectivity index (χ1v) is 7.25. The zero-order valence-electron chi connectivity index (χ0n) is 12.3. The lowest BCUT2D eigenvalue weighted by Gasteiger charge is -2.11. The van der Waals surface area contributed by atoms with E-state index in [1.165, 1.54) is 12.1 Å². The third-order valence-corrected chi connectivity index (χ3v) is 3.27. The number of amidine groups is 1. The number of nitrogens with two attached hydrogens (primary N) is 1. The summed E-state index contributed by atoms with van der Waals surface area (Å²) in [5.41, 5.74) is 5.82. The summed E-state index contributed by atoms with van der Waals surface area (Å²) < 4.78 is 0. The monoisotopic (exact) mass is 304 g/mol. The number of carbonyl (C=O) groups excluding carboxylic acids is 2. The largest absolute Gasteiger partial charge is 0.508 e. The fraction of sp³-hybridized carbons (Fsp3) is 0.400. The smallest absolute Gasteiger partial charge is 0.251 e. The van der Waals surface area contributed by atoms with E-state index in [9.17, 15) is 14.7 Å². The molecule has 1 aliphatic heterocycles. The van der Waals surface area contributed by atoms with Gasteiger partial charge in [0.15, 0.2) is 0 Å². The van der Waals surface area contributed by atoms with E-state index in [2.05, 4.69) is 15.6 Å². The highest BCUT2D eigenvalue weighted by Crippen LogP contribution is 2.21. The Morgan fingerprint density at radius 3 is 2.82 bits per heavy atom. The van der Waals surface area contributed by atoms with E-state index in [1.54, 1.807) is 6.07 Å². The average molecular weight is 304 g/mol. The van der Waals surface area contributed by atoms with Gasteiger partial charge in [0.1, 0.15) is 11.6 Å². The van der Waals surface area contributed by atoms with Crippen molar-refractivity contribution in [3.05, 3.63) is 23.8 Å². The predicted molar refractivity (Wildman–Crippen MR) is 84.0 cm³/mol. The number of nitrogens with zero attached hydrogens (tertiary/aromatic N) is 1. The second kappa shape index (κ2) is 7.44. The van der Waals surface area contributed by atoms with Crippen LogP contribution in [-0.2, 0) is 4.79 Å². The topological polar surface area (TPSA) is 117 Å². The van der Waals surface area contributed by atoms with E-state index in [-0.39, 0.29) is 17.9 Å². The van der Waals surface area contributed by atoms with Gasteiger partial charge in [-0.25, -0.2) is 0 Å². The van der Waals surface area contributed by atoms with Crippen LogP contribution in [0.3, 0.4) is 0 Å². The molecule has 0 unspecified atom stereocenters. The lowest BCUT2D eigenvalue weighted by Crippen LogP contribution is -2.33. The van der Waals surface area contributed by atoms with Gasteiger partial charge in [-0.2, -0.15) is 0 Å². The standard InChI is InChI=1S/C15H20N4O3/c16-13(21)9-18-15(22)10-6-11(8-12(20)7-10)19-14-4-2-1-3-5-17-14/h6-8,20H,1-5,9H2,(H2,16,21)(H,17,19)(H,18,22). The van der Waals surface area contributed by atoms with Crippen LogP contribution < -0.4 is 16.4 Å². The van der Waals surface area contributed by atoms with Crippen molar-refractivity contribution in [3.63, 3.8) is 0 Å². The molecule has 0 fully saturated rings. The number of hydrogen-bond acceptors (Lipinski definition) is 5. The van der Waals surface area contributed by atoms with Crippen molar-refractivity contribution in [2.75, 3.05) is 18.4 Å². The minimum Gasteiger partial charge on any atom is -0.508 e. The van der Waals surface area contributed by atoms with Gasteiger partial charge in [0.05, 0.1) is 6.54 Å². The molecule has 1 heterocycles. The van der Waals surface area contributed by atoms with Crippen molar-refractivity contribution in [1.82, 2.24) is 5.32 Å². The molecule has 0 radical (unpaired) electrons. The molecule has 1 aromatic carbocycles. The Morgan fingerprint density at radius 1 is 1.23 bits per heavy atom. The van der Waals surface area contributed by atoms with E-state index in [1.807, 2.05) is 0 Å². The van der Waals surface area contributed by atoms with Crippen LogP contribution in [0.5, 0.6) is 5.75 Å². The van der Waals surface area contributed by atoms with Gasteiger partial charge in [-0.1, -0.05) is 6.42 Å². The lowest BCUT2D eigenvalue weighted by atomic mass is 10.1. The zero-order valence-corrected chi connectivity index (χ0v) is 12.3. The van der Waals surface area contributed by atoms with Gasteiger partial charge in [-0.3, -0.25) is 14.6 Å². The minimum absolute atomic E-state index is 0.0385. The Bertz CT molecular complexity index is 598. The number of anilines is 1. The molecule has 22 heavy (non-hydrogen) atoms. The summed E-state index contributed by atoms with van der Waals surface area (Å²) in [6.07, 6.45) is 4.14. The fourth-order valence-corrected chi connectivity index (χ4v) is 2.23. The molecule has 2 rings (SSSR count). The van der Waals surface area contributed by atoms with E-state index in [0.717, 1.165) is 38.1 Å². The number of phenolic OH excluding ortho intramolecular Hbond substituents is 1. The number of rotatable bonds is 4. The van der Waals surface area contributed by atoms with Gasteiger partial charge >= 0.3 is 0 Å². The Kier molecular flexibility index (Phi) is 5.35.